The number of benzene rings is 1. The highest BCUT2D eigenvalue weighted by molar-refractivity contribution is 7.89. The zero-order valence-electron chi connectivity index (χ0n) is 11.4. The zero-order valence-corrected chi connectivity index (χ0v) is 13.0. The molecule has 4 nitrogen and oxygen atoms in total. The molecule has 0 aliphatic rings. The maximum Gasteiger partial charge on any atom is 0.244 e. The van der Waals surface area contributed by atoms with Crippen LogP contribution in [-0.4, -0.2) is 24.8 Å². The van der Waals surface area contributed by atoms with Gasteiger partial charge < -0.3 is 4.98 Å². The molecule has 6 heteroatoms. The third-order valence-corrected chi connectivity index (χ3v) is 5.13. The Hall–Kier alpha value is -1.30. The van der Waals surface area contributed by atoms with E-state index in [-0.39, 0.29) is 10.8 Å². The lowest BCUT2D eigenvalue weighted by Crippen LogP contribution is -2.26. The smallest absolute Gasteiger partial charge is 0.244 e. The molecule has 2 rings (SSSR count). The Kier molecular flexibility index (Phi) is 4.52. The molecular formula is C14H17ClN2O2S. The average Bonchev–Trinajstić information content (AvgIpc) is 2.88. The minimum Gasteiger partial charge on any atom is -0.363 e. The quantitative estimate of drug-likeness (QED) is 0.863. The molecule has 20 heavy (non-hydrogen) atoms. The topological polar surface area (TPSA) is 53.2 Å². The summed E-state index contributed by atoms with van der Waals surface area (Å²) in [5, 5.41) is 0. The van der Waals surface area contributed by atoms with Gasteiger partial charge in [0.1, 0.15) is 0 Å². The highest BCUT2D eigenvalue weighted by Crippen LogP contribution is 2.18. The number of aryl methyl sites for hydroxylation is 1. The van der Waals surface area contributed by atoms with Gasteiger partial charge in [0, 0.05) is 25.5 Å². The molecule has 1 heterocycles. The first-order valence-electron chi connectivity index (χ1n) is 6.18. The lowest BCUT2D eigenvalue weighted by atomic mass is 10.1. The van der Waals surface area contributed by atoms with Gasteiger partial charge in [-0.25, -0.2) is 8.42 Å². The van der Waals surface area contributed by atoms with Crippen LogP contribution in [0.2, 0.25) is 0 Å². The van der Waals surface area contributed by atoms with Gasteiger partial charge in [-0.05, 0) is 18.6 Å². The number of H-pyrrole nitrogens is 1. The third-order valence-electron chi connectivity index (χ3n) is 3.06. The molecule has 0 atom stereocenters. The summed E-state index contributed by atoms with van der Waals surface area (Å²) in [7, 11) is -1.92. The van der Waals surface area contributed by atoms with Crippen LogP contribution < -0.4 is 0 Å². The molecule has 1 N–H and O–H groups in total. The third kappa shape index (κ3) is 3.23. The summed E-state index contributed by atoms with van der Waals surface area (Å²) < 4.78 is 26.2. The van der Waals surface area contributed by atoms with Gasteiger partial charge in [-0.3, -0.25) is 0 Å². The molecule has 1 aromatic carbocycles. The SMILES string of the molecule is Cc1cccc(CN(C)S(=O)(=O)c2c[nH]c(CCl)c2)c1. The van der Waals surface area contributed by atoms with Gasteiger partial charge in [0.15, 0.2) is 0 Å². The first-order valence-corrected chi connectivity index (χ1v) is 8.16. The number of nitrogens with one attached hydrogen (secondary N) is 1. The van der Waals surface area contributed by atoms with Crippen LogP contribution in [0.4, 0.5) is 0 Å². The second-order valence-corrected chi connectivity index (χ2v) is 7.06. The molecule has 0 unspecified atom stereocenters. The number of sulfonamides is 1. The minimum absolute atomic E-state index is 0.239. The molecule has 0 saturated heterocycles. The molecule has 0 radical (unpaired) electrons. The van der Waals surface area contributed by atoms with Crippen LogP contribution in [-0.2, 0) is 22.4 Å². The van der Waals surface area contributed by atoms with Gasteiger partial charge in [-0.1, -0.05) is 29.8 Å². The van der Waals surface area contributed by atoms with Crippen molar-refractivity contribution in [2.24, 2.45) is 0 Å². The van der Waals surface area contributed by atoms with Crippen LogP contribution in [0, 0.1) is 6.92 Å². The van der Waals surface area contributed by atoms with Crippen LogP contribution in [0.15, 0.2) is 41.4 Å². The maximum absolute atomic E-state index is 12.4. The lowest BCUT2D eigenvalue weighted by Gasteiger charge is -2.16. The lowest BCUT2D eigenvalue weighted by molar-refractivity contribution is 0.466. The van der Waals surface area contributed by atoms with Gasteiger partial charge in [0.25, 0.3) is 0 Å². The van der Waals surface area contributed by atoms with E-state index in [1.807, 2.05) is 31.2 Å². The van der Waals surface area contributed by atoms with E-state index in [2.05, 4.69) is 4.98 Å². The normalized spacial score (nSPS) is 12.0. The van der Waals surface area contributed by atoms with Crippen molar-refractivity contribution in [1.82, 2.24) is 9.29 Å². The highest BCUT2D eigenvalue weighted by atomic mass is 35.5. The van der Waals surface area contributed by atoms with E-state index in [1.54, 1.807) is 13.1 Å². The Morgan fingerprint density at radius 2 is 2.05 bits per heavy atom. The van der Waals surface area contributed by atoms with E-state index in [0.717, 1.165) is 11.1 Å². The number of rotatable bonds is 5. The van der Waals surface area contributed by atoms with Crippen LogP contribution in [0.25, 0.3) is 0 Å². The maximum atomic E-state index is 12.4. The summed E-state index contributed by atoms with van der Waals surface area (Å²) in [6, 6.07) is 9.37. The van der Waals surface area contributed by atoms with Crippen molar-refractivity contribution in [2.75, 3.05) is 7.05 Å². The van der Waals surface area contributed by atoms with Gasteiger partial charge in [-0.2, -0.15) is 4.31 Å². The monoisotopic (exact) mass is 312 g/mol. The summed E-state index contributed by atoms with van der Waals surface area (Å²) in [5.74, 6) is 0.261. The fourth-order valence-electron chi connectivity index (χ4n) is 1.98. The molecule has 108 valence electrons. The van der Waals surface area contributed by atoms with Crippen molar-refractivity contribution in [3.8, 4) is 0 Å². The van der Waals surface area contributed by atoms with Crippen molar-refractivity contribution >= 4 is 21.6 Å². The fraction of sp³-hybridized carbons (Fsp3) is 0.286. The number of nitrogens with zero attached hydrogens (tertiary/aromatic N) is 1. The summed E-state index contributed by atoms with van der Waals surface area (Å²) in [6.45, 7) is 2.32. The number of aromatic nitrogens is 1. The number of hydrogen-bond donors (Lipinski definition) is 1. The summed E-state index contributed by atoms with van der Waals surface area (Å²) in [4.78, 5) is 3.09. The van der Waals surface area contributed by atoms with E-state index in [1.165, 1.54) is 10.5 Å². The highest BCUT2D eigenvalue weighted by Gasteiger charge is 2.22. The number of hydrogen-bond acceptors (Lipinski definition) is 2. The van der Waals surface area contributed by atoms with E-state index >= 15 is 0 Å². The van der Waals surface area contributed by atoms with Gasteiger partial charge >= 0.3 is 0 Å². The van der Waals surface area contributed by atoms with E-state index in [4.69, 9.17) is 11.6 Å². The minimum atomic E-state index is -3.50. The summed E-state index contributed by atoms with van der Waals surface area (Å²) in [6.07, 6.45) is 1.47. The number of halogens is 1. The Bertz CT molecular complexity index is 695. The first kappa shape index (κ1) is 15.1. The zero-order chi connectivity index (χ0) is 14.8. The molecule has 0 aliphatic carbocycles. The van der Waals surface area contributed by atoms with Gasteiger partial charge in [-0.15, -0.1) is 11.6 Å². The summed E-state index contributed by atoms with van der Waals surface area (Å²) >= 11 is 5.68. The molecule has 2 aromatic rings. The Morgan fingerprint density at radius 3 is 2.65 bits per heavy atom. The van der Waals surface area contributed by atoms with Crippen molar-refractivity contribution < 1.29 is 8.42 Å². The second kappa shape index (κ2) is 5.99. The van der Waals surface area contributed by atoms with E-state index in [9.17, 15) is 8.42 Å². The number of aromatic amines is 1. The van der Waals surface area contributed by atoms with Crippen molar-refractivity contribution in [3.05, 3.63) is 53.3 Å². The van der Waals surface area contributed by atoms with Crippen LogP contribution in [0.1, 0.15) is 16.8 Å². The first-order chi connectivity index (χ1) is 9.43. The van der Waals surface area contributed by atoms with Crippen molar-refractivity contribution in [3.63, 3.8) is 0 Å². The summed E-state index contributed by atoms with van der Waals surface area (Å²) in [5.41, 5.74) is 2.76. The van der Waals surface area contributed by atoms with E-state index < -0.39 is 10.0 Å². The van der Waals surface area contributed by atoms with Crippen LogP contribution in [0.5, 0.6) is 0 Å². The molecule has 0 spiro atoms. The fourth-order valence-corrected chi connectivity index (χ4v) is 3.31. The Balaban J connectivity index is 2.21. The molecule has 0 saturated carbocycles. The molecule has 0 amide bonds. The number of alkyl halides is 1. The molecule has 0 aliphatic heterocycles. The molecule has 0 fully saturated rings. The van der Waals surface area contributed by atoms with Crippen LogP contribution >= 0.6 is 11.6 Å². The van der Waals surface area contributed by atoms with Crippen molar-refractivity contribution in [1.29, 1.82) is 0 Å². The largest absolute Gasteiger partial charge is 0.363 e. The van der Waals surface area contributed by atoms with Crippen molar-refractivity contribution in [2.45, 2.75) is 24.2 Å². The van der Waals surface area contributed by atoms with Gasteiger partial charge in [0.2, 0.25) is 10.0 Å². The van der Waals surface area contributed by atoms with Gasteiger partial charge in [0.05, 0.1) is 10.8 Å². The molecular weight excluding hydrogens is 296 g/mol. The predicted octanol–water partition coefficient (Wildman–Crippen LogP) is 2.88. The molecule has 1 aromatic heterocycles. The Morgan fingerprint density at radius 1 is 1.30 bits per heavy atom. The molecule has 0 bridgehead atoms. The Labute approximate surface area is 124 Å². The van der Waals surface area contributed by atoms with Crippen LogP contribution in [0.3, 0.4) is 0 Å². The standard InChI is InChI=1S/C14H17ClN2O2S/c1-11-4-3-5-12(6-11)10-17(2)20(18,19)14-7-13(8-15)16-9-14/h3-7,9,16H,8,10H2,1-2H3. The predicted molar refractivity (Wildman–Crippen MR) is 80.2 cm³/mol. The average molecular weight is 313 g/mol. The second-order valence-electron chi connectivity index (χ2n) is 4.74. The van der Waals surface area contributed by atoms with E-state index in [0.29, 0.717) is 12.2 Å².